The molecular weight excluding hydrogens is 444 g/mol. The normalized spacial score (nSPS) is 13.8. The van der Waals surface area contributed by atoms with Gasteiger partial charge in [-0.05, 0) is 60.4 Å². The SMILES string of the molecule is Cc1ccccc1-c1nc(S(=O)(=O)c2ccc(Cl)cc2)c(N2CCc3ccccc3C2)o1. The first-order valence-corrected chi connectivity index (χ1v) is 12.2. The van der Waals surface area contributed by atoms with Crippen LogP contribution in [-0.2, 0) is 22.8 Å². The minimum Gasteiger partial charge on any atom is -0.419 e. The van der Waals surface area contributed by atoms with Gasteiger partial charge in [0.05, 0.1) is 4.90 Å². The zero-order chi connectivity index (χ0) is 22.3. The van der Waals surface area contributed by atoms with Gasteiger partial charge in [0.15, 0.2) is 0 Å². The zero-order valence-electron chi connectivity index (χ0n) is 17.5. The third kappa shape index (κ3) is 3.70. The fourth-order valence-corrected chi connectivity index (χ4v) is 5.44. The van der Waals surface area contributed by atoms with Crippen molar-refractivity contribution in [3.05, 3.63) is 94.5 Å². The van der Waals surface area contributed by atoms with Gasteiger partial charge in [0, 0.05) is 23.7 Å². The Labute approximate surface area is 192 Å². The van der Waals surface area contributed by atoms with E-state index in [1.165, 1.54) is 17.7 Å². The highest BCUT2D eigenvalue weighted by Gasteiger charge is 2.33. The number of benzene rings is 3. The molecule has 0 atom stereocenters. The summed E-state index contributed by atoms with van der Waals surface area (Å²) in [6.07, 6.45) is 0.803. The lowest BCUT2D eigenvalue weighted by atomic mass is 10.0. The maximum atomic E-state index is 13.6. The van der Waals surface area contributed by atoms with Crippen molar-refractivity contribution in [3.63, 3.8) is 0 Å². The number of sulfone groups is 1. The van der Waals surface area contributed by atoms with Crippen LogP contribution in [0, 0.1) is 6.92 Å². The molecule has 0 radical (unpaired) electrons. The maximum Gasteiger partial charge on any atom is 0.236 e. The molecule has 0 spiro atoms. The molecule has 1 aliphatic heterocycles. The molecule has 0 fully saturated rings. The Bertz CT molecular complexity index is 1390. The first-order chi connectivity index (χ1) is 15.4. The highest BCUT2D eigenvalue weighted by Crippen LogP contribution is 2.37. The summed E-state index contributed by atoms with van der Waals surface area (Å²) in [5.41, 5.74) is 4.15. The molecule has 5 rings (SSSR count). The zero-order valence-corrected chi connectivity index (χ0v) is 19.0. The Balaban J connectivity index is 1.65. The van der Waals surface area contributed by atoms with E-state index < -0.39 is 9.84 Å². The second kappa shape index (κ2) is 8.11. The van der Waals surface area contributed by atoms with Gasteiger partial charge in [-0.1, -0.05) is 54.1 Å². The van der Waals surface area contributed by atoms with E-state index in [1.807, 2.05) is 48.2 Å². The van der Waals surface area contributed by atoms with E-state index in [0.717, 1.165) is 23.1 Å². The topological polar surface area (TPSA) is 63.4 Å². The lowest BCUT2D eigenvalue weighted by Gasteiger charge is -2.28. The molecule has 1 aliphatic rings. The van der Waals surface area contributed by atoms with Crippen LogP contribution in [0.5, 0.6) is 0 Å². The van der Waals surface area contributed by atoms with Gasteiger partial charge in [0.2, 0.25) is 26.6 Å². The van der Waals surface area contributed by atoms with E-state index in [2.05, 4.69) is 17.1 Å². The van der Waals surface area contributed by atoms with Crippen molar-refractivity contribution in [1.82, 2.24) is 4.98 Å². The third-order valence-electron chi connectivity index (χ3n) is 5.75. The van der Waals surface area contributed by atoms with E-state index in [-0.39, 0.29) is 15.8 Å². The Hall–Kier alpha value is -3.09. The first kappa shape index (κ1) is 20.8. The Morgan fingerprint density at radius 2 is 1.62 bits per heavy atom. The molecule has 1 aromatic heterocycles. The third-order valence-corrected chi connectivity index (χ3v) is 7.67. The summed E-state index contributed by atoms with van der Waals surface area (Å²) in [5, 5.41) is 0.398. The summed E-state index contributed by atoms with van der Waals surface area (Å²) < 4.78 is 33.4. The van der Waals surface area contributed by atoms with E-state index in [4.69, 9.17) is 16.0 Å². The van der Waals surface area contributed by atoms with E-state index in [1.54, 1.807) is 12.1 Å². The molecular formula is C25H21ClN2O3S. The number of halogens is 1. The molecule has 162 valence electrons. The predicted octanol–water partition coefficient (Wildman–Crippen LogP) is 5.70. The summed E-state index contributed by atoms with van der Waals surface area (Å²) in [6, 6.07) is 21.9. The molecule has 0 amide bonds. The van der Waals surface area contributed by atoms with Gasteiger partial charge < -0.3 is 9.32 Å². The molecule has 0 bridgehead atoms. The molecule has 0 saturated carbocycles. The number of hydrogen-bond acceptors (Lipinski definition) is 5. The Kier molecular flexibility index (Phi) is 5.27. The van der Waals surface area contributed by atoms with Crippen molar-refractivity contribution in [1.29, 1.82) is 0 Å². The molecule has 5 nitrogen and oxygen atoms in total. The fourth-order valence-electron chi connectivity index (χ4n) is 4.00. The van der Waals surface area contributed by atoms with Crippen LogP contribution in [0.2, 0.25) is 5.02 Å². The summed E-state index contributed by atoms with van der Waals surface area (Å²) in [5.74, 6) is 0.567. The van der Waals surface area contributed by atoms with Crippen molar-refractivity contribution < 1.29 is 12.8 Å². The van der Waals surface area contributed by atoms with Crippen LogP contribution in [0.4, 0.5) is 5.88 Å². The number of hydrogen-bond donors (Lipinski definition) is 0. The van der Waals surface area contributed by atoms with Crippen molar-refractivity contribution in [2.45, 2.75) is 29.8 Å². The number of anilines is 1. The maximum absolute atomic E-state index is 13.6. The second-order valence-electron chi connectivity index (χ2n) is 7.84. The molecule has 2 heterocycles. The minimum atomic E-state index is -3.92. The molecule has 3 aromatic carbocycles. The van der Waals surface area contributed by atoms with Crippen molar-refractivity contribution in [2.75, 3.05) is 11.4 Å². The van der Waals surface area contributed by atoms with E-state index in [0.29, 0.717) is 24.0 Å². The highest BCUT2D eigenvalue weighted by atomic mass is 35.5. The largest absolute Gasteiger partial charge is 0.419 e. The molecule has 0 saturated heterocycles. The lowest BCUT2D eigenvalue weighted by Crippen LogP contribution is -2.31. The van der Waals surface area contributed by atoms with Crippen LogP contribution >= 0.6 is 11.6 Å². The highest BCUT2D eigenvalue weighted by molar-refractivity contribution is 7.91. The number of nitrogens with zero attached hydrogens (tertiary/aromatic N) is 2. The number of oxazole rings is 1. The monoisotopic (exact) mass is 464 g/mol. The lowest BCUT2D eigenvalue weighted by molar-refractivity contribution is 0.533. The van der Waals surface area contributed by atoms with Gasteiger partial charge in [-0.3, -0.25) is 0 Å². The van der Waals surface area contributed by atoms with Gasteiger partial charge in [-0.15, -0.1) is 0 Å². The smallest absolute Gasteiger partial charge is 0.236 e. The van der Waals surface area contributed by atoms with Gasteiger partial charge in [0.1, 0.15) is 0 Å². The standard InChI is InChI=1S/C25H21ClN2O3S/c1-17-6-2-5-9-22(17)23-27-24(32(29,30)21-12-10-20(26)11-13-21)25(31-23)28-15-14-18-7-3-4-8-19(18)16-28/h2-13H,14-16H2,1H3. The summed E-state index contributed by atoms with van der Waals surface area (Å²) >= 11 is 5.97. The van der Waals surface area contributed by atoms with Crippen molar-refractivity contribution in [2.24, 2.45) is 0 Å². The minimum absolute atomic E-state index is 0.0718. The second-order valence-corrected chi connectivity index (χ2v) is 10.1. The fraction of sp³-hybridized carbons (Fsp3) is 0.160. The van der Waals surface area contributed by atoms with Crippen LogP contribution in [0.1, 0.15) is 16.7 Å². The number of aromatic nitrogens is 1. The van der Waals surface area contributed by atoms with Gasteiger partial charge >= 0.3 is 0 Å². The van der Waals surface area contributed by atoms with Crippen LogP contribution in [-0.4, -0.2) is 19.9 Å². The van der Waals surface area contributed by atoms with Gasteiger partial charge in [-0.25, -0.2) is 8.42 Å². The molecule has 32 heavy (non-hydrogen) atoms. The number of aryl methyl sites for hydroxylation is 1. The van der Waals surface area contributed by atoms with Gasteiger partial charge in [0.25, 0.3) is 0 Å². The van der Waals surface area contributed by atoms with Crippen molar-refractivity contribution >= 4 is 27.3 Å². The van der Waals surface area contributed by atoms with Crippen LogP contribution in [0.15, 0.2) is 87.1 Å². The van der Waals surface area contributed by atoms with Crippen LogP contribution in [0.3, 0.4) is 0 Å². The van der Waals surface area contributed by atoms with Crippen LogP contribution < -0.4 is 4.90 Å². The number of rotatable bonds is 4. The Morgan fingerprint density at radius 3 is 2.38 bits per heavy atom. The van der Waals surface area contributed by atoms with Crippen molar-refractivity contribution in [3.8, 4) is 11.5 Å². The molecule has 0 unspecified atom stereocenters. The average molecular weight is 465 g/mol. The summed E-state index contributed by atoms with van der Waals surface area (Å²) in [7, 11) is -3.92. The summed E-state index contributed by atoms with van der Waals surface area (Å²) in [4.78, 5) is 6.60. The van der Waals surface area contributed by atoms with E-state index in [9.17, 15) is 8.42 Å². The van der Waals surface area contributed by atoms with Gasteiger partial charge in [-0.2, -0.15) is 4.98 Å². The van der Waals surface area contributed by atoms with Crippen LogP contribution in [0.25, 0.3) is 11.5 Å². The quantitative estimate of drug-likeness (QED) is 0.387. The predicted molar refractivity (Wildman–Crippen MR) is 125 cm³/mol. The molecule has 7 heteroatoms. The Morgan fingerprint density at radius 1 is 0.938 bits per heavy atom. The molecule has 0 N–H and O–H groups in total. The summed E-state index contributed by atoms with van der Waals surface area (Å²) in [6.45, 7) is 3.15. The average Bonchev–Trinajstić information content (AvgIpc) is 3.25. The molecule has 4 aromatic rings. The first-order valence-electron chi connectivity index (χ1n) is 10.3. The van der Waals surface area contributed by atoms with E-state index >= 15 is 0 Å². The molecule has 0 aliphatic carbocycles. The number of fused-ring (bicyclic) bond motifs is 1.